The molecule has 0 spiro atoms. The van der Waals surface area contributed by atoms with Gasteiger partial charge in [0.1, 0.15) is 6.73 Å². The van der Waals surface area contributed by atoms with Gasteiger partial charge in [-0.25, -0.2) is 0 Å². The standard InChI is InChI=1S/C4H9NO2/c1-2-6-4-5-7-3-1/h5H,1-4H2/i/hD. The molecule has 0 atom stereocenters. The van der Waals surface area contributed by atoms with Gasteiger partial charge < -0.3 is 4.74 Å². The molecular formula is C4H9NO2. The maximum absolute atomic E-state index is 6.90. The molecule has 0 amide bonds. The lowest BCUT2D eigenvalue weighted by Gasteiger charge is -1.94. The molecule has 0 saturated carbocycles. The summed E-state index contributed by atoms with van der Waals surface area (Å²) in [5.74, 6) is 0. The maximum Gasteiger partial charge on any atom is 0.158 e. The molecule has 1 saturated heterocycles. The number of hydroxylamine groups is 1. The average Bonchev–Trinajstić information content (AvgIpc) is 1.94. The van der Waals surface area contributed by atoms with E-state index in [-0.39, 0.29) is 6.73 Å². The maximum atomic E-state index is 6.90. The van der Waals surface area contributed by atoms with E-state index in [0.29, 0.717) is 13.2 Å². The van der Waals surface area contributed by atoms with Crippen molar-refractivity contribution in [1.82, 2.24) is 5.47 Å². The second-order valence-electron chi connectivity index (χ2n) is 1.35. The van der Waals surface area contributed by atoms with Crippen molar-refractivity contribution in [2.45, 2.75) is 6.42 Å². The van der Waals surface area contributed by atoms with Crippen molar-refractivity contribution in [3.8, 4) is 0 Å². The van der Waals surface area contributed by atoms with Crippen molar-refractivity contribution in [3.63, 3.8) is 0 Å². The summed E-state index contributed by atoms with van der Waals surface area (Å²) in [7, 11) is 0. The normalized spacial score (nSPS) is 28.9. The van der Waals surface area contributed by atoms with Gasteiger partial charge in [0.25, 0.3) is 0 Å². The van der Waals surface area contributed by atoms with Crippen LogP contribution in [0.5, 0.6) is 0 Å². The lowest BCUT2D eigenvalue weighted by Crippen LogP contribution is -2.14. The van der Waals surface area contributed by atoms with Gasteiger partial charge in [0.15, 0.2) is 1.41 Å². The molecular weight excluding hydrogens is 94.0 g/mol. The first-order valence-corrected chi connectivity index (χ1v) is 2.36. The van der Waals surface area contributed by atoms with Crippen LogP contribution in [0.1, 0.15) is 6.42 Å². The molecule has 7 heavy (non-hydrogen) atoms. The molecule has 1 aliphatic heterocycles. The summed E-state index contributed by atoms with van der Waals surface area (Å²) >= 11 is 0. The zero-order valence-electron chi connectivity index (χ0n) is 5.09. The van der Waals surface area contributed by atoms with E-state index in [9.17, 15) is 0 Å². The number of nitrogens with one attached hydrogen (secondary N) is 1. The Balaban J connectivity index is 2.17. The molecule has 0 bridgehead atoms. The highest BCUT2D eigenvalue weighted by molar-refractivity contribution is 4.34. The number of ether oxygens (including phenoxy) is 1. The number of rotatable bonds is 0. The molecule has 0 aromatic heterocycles. The van der Waals surface area contributed by atoms with Crippen LogP contribution in [0, 0.1) is 0 Å². The van der Waals surface area contributed by atoms with Crippen LogP contribution >= 0.6 is 0 Å². The van der Waals surface area contributed by atoms with Crippen LogP contribution in [0.3, 0.4) is 0 Å². The molecule has 0 unspecified atom stereocenters. The van der Waals surface area contributed by atoms with E-state index in [4.69, 9.17) is 11.0 Å². The lowest BCUT2D eigenvalue weighted by atomic mass is 10.5. The van der Waals surface area contributed by atoms with Crippen molar-refractivity contribution >= 4 is 0 Å². The summed E-state index contributed by atoms with van der Waals surface area (Å²) in [5.41, 5.74) is 0.951. The van der Waals surface area contributed by atoms with E-state index < -0.39 is 0 Å². The minimum absolute atomic E-state index is 0.264. The first kappa shape index (κ1) is 3.83. The Morgan fingerprint density at radius 1 is 1.57 bits per heavy atom. The Bertz CT molecular complexity index is 63.1. The predicted octanol–water partition coefficient (Wildman–Crippen LogP) is -0.115. The van der Waals surface area contributed by atoms with Crippen LogP contribution in [0.4, 0.5) is 0 Å². The highest BCUT2D eigenvalue weighted by atomic mass is 16.7. The summed E-state index contributed by atoms with van der Waals surface area (Å²) in [6.07, 6.45) is 0.884. The minimum atomic E-state index is 0.264. The van der Waals surface area contributed by atoms with Crippen LogP contribution in [-0.2, 0) is 9.57 Å². The van der Waals surface area contributed by atoms with Crippen LogP contribution in [0.25, 0.3) is 0 Å². The molecule has 0 radical (unpaired) electrons. The number of hydrogen-bond acceptors (Lipinski definition) is 3. The zero-order valence-corrected chi connectivity index (χ0v) is 4.09. The van der Waals surface area contributed by atoms with E-state index in [2.05, 4.69) is 0 Å². The topological polar surface area (TPSA) is 30.5 Å². The summed E-state index contributed by atoms with van der Waals surface area (Å²) in [4.78, 5) is 4.78. The predicted molar refractivity (Wildman–Crippen MR) is 24.5 cm³/mol. The van der Waals surface area contributed by atoms with Gasteiger partial charge in [0.05, 0.1) is 13.2 Å². The highest BCUT2D eigenvalue weighted by Crippen LogP contribution is 1.85. The Morgan fingerprint density at radius 3 is 3.57 bits per heavy atom. The Morgan fingerprint density at radius 2 is 2.57 bits per heavy atom. The third-order valence-corrected chi connectivity index (χ3v) is 0.760. The van der Waals surface area contributed by atoms with Crippen LogP contribution in [0.15, 0.2) is 0 Å². The van der Waals surface area contributed by atoms with Crippen molar-refractivity contribution in [3.05, 3.63) is 0 Å². The lowest BCUT2D eigenvalue weighted by molar-refractivity contribution is 0.00912. The van der Waals surface area contributed by atoms with Crippen LogP contribution in [0.2, 0.25) is 1.41 Å². The third-order valence-electron chi connectivity index (χ3n) is 0.760. The molecule has 0 aliphatic carbocycles. The first-order chi connectivity index (χ1) is 3.89. The minimum Gasteiger partial charge on any atom is -0.364 e. The molecule has 3 nitrogen and oxygen atoms in total. The van der Waals surface area contributed by atoms with E-state index in [1.165, 1.54) is 0 Å². The summed E-state index contributed by atoms with van der Waals surface area (Å²) in [6, 6.07) is 0. The highest BCUT2D eigenvalue weighted by Gasteiger charge is 1.93. The zero-order chi connectivity index (χ0) is 5.82. The molecule has 1 heterocycles. The fourth-order valence-corrected chi connectivity index (χ4v) is 0.429. The second-order valence-corrected chi connectivity index (χ2v) is 1.35. The summed E-state index contributed by atoms with van der Waals surface area (Å²) in [6.45, 7) is 1.57. The first-order valence-electron chi connectivity index (χ1n) is 2.81. The molecule has 3 heteroatoms. The van der Waals surface area contributed by atoms with Gasteiger partial charge >= 0.3 is 0 Å². The van der Waals surface area contributed by atoms with Crippen molar-refractivity contribution < 1.29 is 11.0 Å². The van der Waals surface area contributed by atoms with Crippen molar-refractivity contribution in [1.29, 1.82) is 0 Å². The summed E-state index contributed by atoms with van der Waals surface area (Å²) in [5, 5.41) is 0. The van der Waals surface area contributed by atoms with Gasteiger partial charge in [0.2, 0.25) is 0 Å². The smallest absolute Gasteiger partial charge is 0.158 e. The average molecular weight is 104 g/mol. The Hall–Kier alpha value is -0.120. The second kappa shape index (κ2) is 2.96. The van der Waals surface area contributed by atoms with Gasteiger partial charge in [-0.15, -0.1) is 0 Å². The van der Waals surface area contributed by atoms with Gasteiger partial charge in [-0.05, 0) is 6.42 Å². The Kier molecular flexibility index (Phi) is 1.62. The van der Waals surface area contributed by atoms with E-state index in [0.717, 1.165) is 11.9 Å². The largest absolute Gasteiger partial charge is 0.364 e. The third kappa shape index (κ3) is 1.87. The van der Waals surface area contributed by atoms with E-state index in [1.807, 2.05) is 0 Å². The van der Waals surface area contributed by atoms with Gasteiger partial charge in [0, 0.05) is 0 Å². The quantitative estimate of drug-likeness (QED) is 0.465. The molecule has 1 aliphatic rings. The molecule has 1 fully saturated rings. The molecule has 42 valence electrons. The molecule has 1 rings (SSSR count). The van der Waals surface area contributed by atoms with E-state index >= 15 is 0 Å². The Labute approximate surface area is 44.0 Å². The van der Waals surface area contributed by atoms with Gasteiger partial charge in [-0.1, -0.05) is 0 Å². The van der Waals surface area contributed by atoms with Crippen LogP contribution in [-0.4, -0.2) is 19.9 Å². The van der Waals surface area contributed by atoms with Crippen molar-refractivity contribution in [2.24, 2.45) is 0 Å². The number of hydrogen-bond donors (Lipinski definition) is 1. The van der Waals surface area contributed by atoms with E-state index in [1.54, 1.807) is 0 Å². The van der Waals surface area contributed by atoms with Crippen LogP contribution < -0.4 is 5.47 Å². The monoisotopic (exact) mass is 104 g/mol. The SMILES string of the molecule is [2H]N1COCCCO1. The van der Waals surface area contributed by atoms with Crippen molar-refractivity contribution in [2.75, 3.05) is 19.9 Å². The van der Waals surface area contributed by atoms with Gasteiger partial charge in [-0.2, -0.15) is 5.47 Å². The summed E-state index contributed by atoms with van der Waals surface area (Å²) < 4.78 is 11.8. The fraction of sp³-hybridized carbons (Fsp3) is 1.00. The molecule has 0 aromatic rings. The fourth-order valence-electron chi connectivity index (χ4n) is 0.429. The van der Waals surface area contributed by atoms with Gasteiger partial charge in [-0.3, -0.25) is 4.84 Å². The molecule has 1 N–H and O–H groups in total. The molecule has 0 aromatic carbocycles.